The lowest BCUT2D eigenvalue weighted by atomic mass is 10.0. The number of hydrogen-bond donors (Lipinski definition) is 1. The van der Waals surface area contributed by atoms with Crippen LogP contribution in [0.25, 0.3) is 0 Å². The minimum Gasteiger partial charge on any atom is -0.350 e. The lowest BCUT2D eigenvalue weighted by molar-refractivity contribution is -0.122. The Labute approximate surface area is 110 Å². The van der Waals surface area contributed by atoms with Crippen molar-refractivity contribution in [1.29, 1.82) is 0 Å². The van der Waals surface area contributed by atoms with Gasteiger partial charge in [0.1, 0.15) is 5.82 Å². The molecular weight excluding hydrogens is 285 g/mol. The second-order valence-electron chi connectivity index (χ2n) is 4.36. The number of carbonyl (C=O) groups excluding carboxylic acids is 1. The number of amides is 1. The highest BCUT2D eigenvalue weighted by Gasteiger charge is 2.23. The van der Waals surface area contributed by atoms with Gasteiger partial charge >= 0.3 is 0 Å². The summed E-state index contributed by atoms with van der Waals surface area (Å²) in [5.74, 6) is -0.487. The summed E-state index contributed by atoms with van der Waals surface area (Å²) in [5.41, 5.74) is 0.153. The van der Waals surface area contributed by atoms with Crippen molar-refractivity contribution in [3.8, 4) is 0 Å². The number of carbonyl (C=O) groups is 1. The van der Waals surface area contributed by atoms with Crippen LogP contribution in [0.1, 0.15) is 25.8 Å². The van der Waals surface area contributed by atoms with E-state index >= 15 is 0 Å². The normalized spacial score (nSPS) is 14.1. The smallest absolute Gasteiger partial charge is 0.224 e. The molecule has 4 heteroatoms. The first-order chi connectivity index (χ1) is 8.00. The lowest BCUT2D eigenvalue weighted by Crippen LogP contribution is -2.47. The van der Waals surface area contributed by atoms with E-state index in [1.807, 2.05) is 13.8 Å². The maximum atomic E-state index is 13.4. The molecule has 2 nitrogen and oxygen atoms in total. The molecule has 0 fully saturated rings. The van der Waals surface area contributed by atoms with Crippen molar-refractivity contribution in [2.45, 2.75) is 32.2 Å². The first kappa shape index (κ1) is 14.2. The third-order valence-electron chi connectivity index (χ3n) is 2.83. The van der Waals surface area contributed by atoms with Gasteiger partial charge in [-0.25, -0.2) is 4.39 Å². The Hall–Kier alpha value is -0.900. The van der Waals surface area contributed by atoms with Crippen molar-refractivity contribution in [2.24, 2.45) is 0 Å². The zero-order valence-electron chi connectivity index (χ0n) is 10.1. The highest BCUT2D eigenvalue weighted by Crippen LogP contribution is 2.13. The number of benzene rings is 1. The summed E-state index contributed by atoms with van der Waals surface area (Å²) in [6, 6.07) is 6.35. The largest absolute Gasteiger partial charge is 0.350 e. The number of hydrogen-bond acceptors (Lipinski definition) is 1. The monoisotopic (exact) mass is 301 g/mol. The number of halogens is 2. The van der Waals surface area contributed by atoms with E-state index in [0.717, 1.165) is 6.42 Å². The molecule has 1 atom stereocenters. The van der Waals surface area contributed by atoms with Gasteiger partial charge in [-0.2, -0.15) is 0 Å². The molecule has 17 heavy (non-hydrogen) atoms. The molecule has 0 heterocycles. The molecule has 1 aromatic rings. The van der Waals surface area contributed by atoms with Crippen LogP contribution in [-0.4, -0.2) is 16.8 Å². The van der Waals surface area contributed by atoms with Crippen LogP contribution in [0, 0.1) is 5.82 Å². The van der Waals surface area contributed by atoms with E-state index in [9.17, 15) is 9.18 Å². The van der Waals surface area contributed by atoms with E-state index in [0.29, 0.717) is 10.9 Å². The molecule has 0 aromatic heterocycles. The zero-order valence-corrected chi connectivity index (χ0v) is 11.7. The highest BCUT2D eigenvalue weighted by atomic mass is 79.9. The minimum absolute atomic E-state index is 0.0786. The number of rotatable bonds is 5. The number of nitrogens with one attached hydrogen (secondary N) is 1. The quantitative estimate of drug-likeness (QED) is 0.832. The Kier molecular flexibility index (Phi) is 5.12. The molecule has 0 aliphatic rings. The first-order valence-electron chi connectivity index (χ1n) is 5.61. The summed E-state index contributed by atoms with van der Waals surface area (Å²) >= 11 is 3.37. The maximum absolute atomic E-state index is 13.4. The van der Waals surface area contributed by atoms with Crippen LogP contribution >= 0.6 is 15.9 Å². The predicted molar refractivity (Wildman–Crippen MR) is 70.7 cm³/mol. The topological polar surface area (TPSA) is 29.1 Å². The van der Waals surface area contributed by atoms with Gasteiger partial charge in [-0.05, 0) is 25.0 Å². The zero-order chi connectivity index (χ0) is 12.9. The summed E-state index contributed by atoms with van der Waals surface area (Å²) < 4.78 is 13.4. The molecule has 0 saturated carbocycles. The van der Waals surface area contributed by atoms with E-state index < -0.39 is 0 Å². The van der Waals surface area contributed by atoms with Gasteiger partial charge in [-0.3, -0.25) is 4.79 Å². The molecule has 0 bridgehead atoms. The standard InChI is InChI=1S/C13H17BrFNO/c1-3-13(2,9-14)16-12(17)8-10-6-4-5-7-11(10)15/h4-7H,3,8-9H2,1-2H3,(H,16,17). The van der Waals surface area contributed by atoms with Crippen LogP contribution < -0.4 is 5.32 Å². The highest BCUT2D eigenvalue weighted by molar-refractivity contribution is 9.09. The molecule has 1 rings (SSSR count). The van der Waals surface area contributed by atoms with Gasteiger partial charge in [0.2, 0.25) is 5.91 Å². The van der Waals surface area contributed by atoms with Crippen LogP contribution in [0.5, 0.6) is 0 Å². The van der Waals surface area contributed by atoms with Crippen LogP contribution in [0.2, 0.25) is 0 Å². The van der Waals surface area contributed by atoms with Crippen molar-refractivity contribution in [1.82, 2.24) is 5.32 Å². The third-order valence-corrected chi connectivity index (χ3v) is 4.06. The van der Waals surface area contributed by atoms with Gasteiger partial charge in [-0.15, -0.1) is 0 Å². The van der Waals surface area contributed by atoms with Gasteiger partial charge in [0, 0.05) is 10.9 Å². The summed E-state index contributed by atoms with van der Waals surface area (Å²) in [4.78, 5) is 11.8. The van der Waals surface area contributed by atoms with E-state index in [4.69, 9.17) is 0 Å². The summed E-state index contributed by atoms with van der Waals surface area (Å²) in [7, 11) is 0. The SMILES string of the molecule is CCC(C)(CBr)NC(=O)Cc1ccccc1F. The molecule has 94 valence electrons. The van der Waals surface area contributed by atoms with Gasteiger partial charge < -0.3 is 5.32 Å². The van der Waals surface area contributed by atoms with Crippen LogP contribution in [0.4, 0.5) is 4.39 Å². The van der Waals surface area contributed by atoms with E-state index in [1.54, 1.807) is 18.2 Å². The molecule has 0 saturated heterocycles. The van der Waals surface area contributed by atoms with Crippen molar-refractivity contribution in [3.05, 3.63) is 35.6 Å². The average Bonchev–Trinajstić information content (AvgIpc) is 2.32. The Balaban J connectivity index is 2.65. The van der Waals surface area contributed by atoms with Gasteiger partial charge in [0.05, 0.1) is 6.42 Å². The van der Waals surface area contributed by atoms with Crippen molar-refractivity contribution in [2.75, 3.05) is 5.33 Å². The Morgan fingerprint density at radius 3 is 2.65 bits per heavy atom. The predicted octanol–water partition coefficient (Wildman–Crippen LogP) is 3.05. The van der Waals surface area contributed by atoms with Gasteiger partial charge in [-0.1, -0.05) is 41.1 Å². The number of alkyl halides is 1. The van der Waals surface area contributed by atoms with Crippen LogP contribution in [-0.2, 0) is 11.2 Å². The second kappa shape index (κ2) is 6.15. The molecule has 1 aromatic carbocycles. The minimum atomic E-state index is -0.334. The maximum Gasteiger partial charge on any atom is 0.224 e. The third kappa shape index (κ3) is 4.11. The van der Waals surface area contributed by atoms with Crippen molar-refractivity contribution < 1.29 is 9.18 Å². The lowest BCUT2D eigenvalue weighted by Gasteiger charge is -2.27. The van der Waals surface area contributed by atoms with E-state index in [1.165, 1.54) is 6.07 Å². The summed E-state index contributed by atoms with van der Waals surface area (Å²) in [6.07, 6.45) is 0.899. The molecule has 1 N–H and O–H groups in total. The van der Waals surface area contributed by atoms with Crippen LogP contribution in [0.3, 0.4) is 0 Å². The molecule has 1 unspecified atom stereocenters. The Bertz CT molecular complexity index is 391. The average molecular weight is 302 g/mol. The fourth-order valence-electron chi connectivity index (χ4n) is 1.41. The summed E-state index contributed by atoms with van der Waals surface area (Å²) in [6.45, 7) is 3.96. The van der Waals surface area contributed by atoms with Gasteiger partial charge in [0.15, 0.2) is 0 Å². The first-order valence-corrected chi connectivity index (χ1v) is 6.73. The molecule has 0 radical (unpaired) electrons. The Morgan fingerprint density at radius 2 is 2.12 bits per heavy atom. The van der Waals surface area contributed by atoms with Gasteiger partial charge in [0.25, 0.3) is 0 Å². The molecule has 0 aliphatic carbocycles. The van der Waals surface area contributed by atoms with E-state index in [2.05, 4.69) is 21.2 Å². The van der Waals surface area contributed by atoms with Crippen LogP contribution in [0.15, 0.2) is 24.3 Å². The van der Waals surface area contributed by atoms with Crippen molar-refractivity contribution >= 4 is 21.8 Å². The molecule has 0 spiro atoms. The molecular formula is C13H17BrFNO. The fourth-order valence-corrected chi connectivity index (χ4v) is 1.95. The Morgan fingerprint density at radius 1 is 1.47 bits per heavy atom. The van der Waals surface area contributed by atoms with Crippen molar-refractivity contribution in [3.63, 3.8) is 0 Å². The summed E-state index contributed by atoms with van der Waals surface area (Å²) in [5, 5.41) is 3.60. The van der Waals surface area contributed by atoms with E-state index in [-0.39, 0.29) is 23.7 Å². The fraction of sp³-hybridized carbons (Fsp3) is 0.462. The molecule has 1 amide bonds. The second-order valence-corrected chi connectivity index (χ2v) is 4.92. The molecule has 0 aliphatic heterocycles.